The Morgan fingerprint density at radius 3 is 3.17 bits per heavy atom. The molecule has 1 aromatic rings. The molecule has 1 N–H and O–H groups in total. The van der Waals surface area contributed by atoms with Gasteiger partial charge in [0.05, 0.1) is 0 Å². The number of thiophene rings is 1. The van der Waals surface area contributed by atoms with Gasteiger partial charge in [0.15, 0.2) is 0 Å². The van der Waals surface area contributed by atoms with Crippen LogP contribution in [0.15, 0.2) is 28.4 Å². The first-order chi connectivity index (χ1) is 5.93. The van der Waals surface area contributed by atoms with Crippen molar-refractivity contribution in [3.63, 3.8) is 0 Å². The summed E-state index contributed by atoms with van der Waals surface area (Å²) in [5, 5.41) is 7.54. The molecule has 0 aliphatic heterocycles. The van der Waals surface area contributed by atoms with Gasteiger partial charge in [-0.1, -0.05) is 17.7 Å². The zero-order valence-corrected chi connectivity index (χ0v) is 8.37. The van der Waals surface area contributed by atoms with Crippen molar-refractivity contribution >= 4 is 22.9 Å². The topological polar surface area (TPSA) is 12.0 Å². The zero-order valence-electron chi connectivity index (χ0n) is 6.79. The van der Waals surface area contributed by atoms with Crippen LogP contribution in [0.3, 0.4) is 0 Å². The highest BCUT2D eigenvalue weighted by Crippen LogP contribution is 2.05. The molecule has 1 heterocycles. The Hall–Kier alpha value is -0.310. The summed E-state index contributed by atoms with van der Waals surface area (Å²) in [5.41, 5.74) is 2.94. The molecule has 0 saturated heterocycles. The maximum absolute atomic E-state index is 5.36. The largest absolute Gasteiger partial charge is 0.313 e. The minimum absolute atomic E-state index is 0.855. The first-order valence-corrected chi connectivity index (χ1v) is 5.28. The molecule has 0 fully saturated rings. The van der Waals surface area contributed by atoms with Crippen LogP contribution in [0.25, 0.3) is 0 Å². The van der Waals surface area contributed by atoms with Gasteiger partial charge in [0.2, 0.25) is 0 Å². The van der Waals surface area contributed by atoms with E-state index in [2.05, 4.69) is 22.1 Å². The second kappa shape index (κ2) is 6.23. The molecule has 0 radical (unpaired) electrons. The predicted octanol–water partition coefficient (Wildman–Crippen LogP) is 2.63. The van der Waals surface area contributed by atoms with E-state index in [1.807, 2.05) is 6.08 Å². The zero-order chi connectivity index (χ0) is 8.65. The Morgan fingerprint density at radius 2 is 2.50 bits per heavy atom. The molecular weight excluding hydrogens is 190 g/mol. The van der Waals surface area contributed by atoms with Crippen LogP contribution in [0, 0.1) is 0 Å². The average molecular weight is 202 g/mol. The molecule has 0 saturated carbocycles. The molecule has 1 nitrogen and oxygen atoms in total. The molecule has 0 spiro atoms. The molecule has 3 heteroatoms. The highest BCUT2D eigenvalue weighted by Gasteiger charge is 1.90. The van der Waals surface area contributed by atoms with E-state index in [4.69, 9.17) is 11.6 Å². The van der Waals surface area contributed by atoms with Crippen molar-refractivity contribution in [2.24, 2.45) is 0 Å². The average Bonchev–Trinajstić information content (AvgIpc) is 2.57. The molecule has 1 aromatic heterocycles. The minimum Gasteiger partial charge on any atom is -0.313 e. The van der Waals surface area contributed by atoms with E-state index in [1.165, 1.54) is 11.1 Å². The third-order valence-corrected chi connectivity index (χ3v) is 2.43. The number of nitrogens with one attached hydrogen (secondary N) is 1. The lowest BCUT2D eigenvalue weighted by Gasteiger charge is -1.98. The van der Waals surface area contributed by atoms with Crippen molar-refractivity contribution in [2.75, 3.05) is 13.1 Å². The van der Waals surface area contributed by atoms with Gasteiger partial charge in [-0.25, -0.2) is 0 Å². The maximum Gasteiger partial charge on any atom is 0.0146 e. The first kappa shape index (κ1) is 9.78. The van der Waals surface area contributed by atoms with Gasteiger partial charge < -0.3 is 5.32 Å². The highest BCUT2D eigenvalue weighted by molar-refractivity contribution is 7.07. The fourth-order valence-corrected chi connectivity index (χ4v) is 1.69. The van der Waals surface area contributed by atoms with E-state index in [1.54, 1.807) is 11.3 Å². The molecule has 0 aliphatic rings. The first-order valence-electron chi connectivity index (χ1n) is 3.90. The van der Waals surface area contributed by atoms with Gasteiger partial charge in [-0.2, -0.15) is 11.3 Å². The van der Waals surface area contributed by atoms with Gasteiger partial charge in [-0.05, 0) is 35.4 Å². The summed E-state index contributed by atoms with van der Waals surface area (Å²) in [6.45, 7) is 1.87. The maximum atomic E-state index is 5.36. The number of halogens is 1. The standard InChI is InChI=1S/C9H12ClNS/c10-4-1-5-11-6-2-9-3-7-12-8-9/h1,3-4,7-8,11H,2,5-6H2/b4-1+. The summed E-state index contributed by atoms with van der Waals surface area (Å²) in [7, 11) is 0. The second-order valence-electron chi connectivity index (χ2n) is 2.45. The van der Waals surface area contributed by atoms with E-state index in [0.29, 0.717) is 0 Å². The summed E-state index contributed by atoms with van der Waals surface area (Å²) in [4.78, 5) is 0. The van der Waals surface area contributed by atoms with Gasteiger partial charge in [-0.3, -0.25) is 0 Å². The van der Waals surface area contributed by atoms with Crippen LogP contribution >= 0.6 is 22.9 Å². The predicted molar refractivity (Wildman–Crippen MR) is 55.9 cm³/mol. The van der Waals surface area contributed by atoms with Crippen LogP contribution in [0.2, 0.25) is 0 Å². The molecule has 0 unspecified atom stereocenters. The highest BCUT2D eigenvalue weighted by atomic mass is 35.5. The van der Waals surface area contributed by atoms with E-state index in [9.17, 15) is 0 Å². The van der Waals surface area contributed by atoms with E-state index < -0.39 is 0 Å². The smallest absolute Gasteiger partial charge is 0.0146 e. The molecule has 66 valence electrons. The van der Waals surface area contributed by atoms with E-state index in [-0.39, 0.29) is 0 Å². The monoisotopic (exact) mass is 201 g/mol. The van der Waals surface area contributed by atoms with E-state index >= 15 is 0 Å². The van der Waals surface area contributed by atoms with Crippen LogP contribution in [0.5, 0.6) is 0 Å². The van der Waals surface area contributed by atoms with Gasteiger partial charge in [0.25, 0.3) is 0 Å². The summed E-state index contributed by atoms with van der Waals surface area (Å²) < 4.78 is 0. The summed E-state index contributed by atoms with van der Waals surface area (Å²) in [5.74, 6) is 0. The number of hydrogen-bond donors (Lipinski definition) is 1. The van der Waals surface area contributed by atoms with Crippen LogP contribution < -0.4 is 5.32 Å². The second-order valence-corrected chi connectivity index (χ2v) is 3.48. The van der Waals surface area contributed by atoms with Gasteiger partial charge in [0, 0.05) is 12.1 Å². The molecule has 0 atom stereocenters. The van der Waals surface area contributed by atoms with Crippen molar-refractivity contribution in [1.82, 2.24) is 5.32 Å². The third-order valence-electron chi connectivity index (χ3n) is 1.52. The quantitative estimate of drug-likeness (QED) is 0.723. The van der Waals surface area contributed by atoms with Crippen molar-refractivity contribution in [2.45, 2.75) is 6.42 Å². The lowest BCUT2D eigenvalue weighted by atomic mass is 10.2. The fraction of sp³-hybridized carbons (Fsp3) is 0.333. The lowest BCUT2D eigenvalue weighted by Crippen LogP contribution is -2.16. The minimum atomic E-state index is 0.855. The van der Waals surface area contributed by atoms with Crippen molar-refractivity contribution in [3.8, 4) is 0 Å². The Labute approximate surface area is 82.1 Å². The molecule has 0 amide bonds. The molecule has 0 aliphatic carbocycles. The molecule has 0 aromatic carbocycles. The fourth-order valence-electron chi connectivity index (χ4n) is 0.898. The Morgan fingerprint density at radius 1 is 1.58 bits per heavy atom. The van der Waals surface area contributed by atoms with E-state index in [0.717, 1.165) is 19.5 Å². The summed E-state index contributed by atoms with van der Waals surface area (Å²) >= 11 is 7.11. The van der Waals surface area contributed by atoms with Gasteiger partial charge in [0.1, 0.15) is 0 Å². The molecular formula is C9H12ClNS. The lowest BCUT2D eigenvalue weighted by molar-refractivity contribution is 0.746. The Kier molecular flexibility index (Phi) is 5.08. The molecule has 12 heavy (non-hydrogen) atoms. The normalized spacial score (nSPS) is 11.1. The van der Waals surface area contributed by atoms with Gasteiger partial charge in [-0.15, -0.1) is 0 Å². The van der Waals surface area contributed by atoms with Crippen molar-refractivity contribution in [1.29, 1.82) is 0 Å². The summed E-state index contributed by atoms with van der Waals surface area (Å²) in [6, 6.07) is 2.16. The van der Waals surface area contributed by atoms with Gasteiger partial charge >= 0.3 is 0 Å². The molecule has 0 bridgehead atoms. The molecule has 1 rings (SSSR count). The van der Waals surface area contributed by atoms with Crippen molar-refractivity contribution < 1.29 is 0 Å². The van der Waals surface area contributed by atoms with Crippen LogP contribution in [0.4, 0.5) is 0 Å². The Balaban J connectivity index is 2.03. The summed E-state index contributed by atoms with van der Waals surface area (Å²) in [6.07, 6.45) is 2.99. The van der Waals surface area contributed by atoms with Crippen LogP contribution in [0.1, 0.15) is 5.56 Å². The van der Waals surface area contributed by atoms with Crippen molar-refractivity contribution in [3.05, 3.63) is 34.0 Å². The number of rotatable bonds is 5. The van der Waals surface area contributed by atoms with Crippen LogP contribution in [-0.2, 0) is 6.42 Å². The SMILES string of the molecule is Cl/C=C/CNCCc1ccsc1. The third kappa shape index (κ3) is 3.90. The van der Waals surface area contributed by atoms with Crippen LogP contribution in [-0.4, -0.2) is 13.1 Å². The number of hydrogen-bond acceptors (Lipinski definition) is 2. The Bertz CT molecular complexity index is 218.